The number of para-hydroxylation sites is 1. The molecular weight excluding hydrogens is 279 g/mol. The summed E-state index contributed by atoms with van der Waals surface area (Å²) < 4.78 is 64.7. The average Bonchev–Trinajstić information content (AvgIpc) is 2.35. The molecule has 0 aliphatic rings. The molecule has 19 heavy (non-hydrogen) atoms. The lowest BCUT2D eigenvalue weighted by atomic mass is 10.3. The zero-order chi connectivity index (χ0) is 14.0. The Kier molecular flexibility index (Phi) is 3.48. The van der Waals surface area contributed by atoms with Gasteiger partial charge < -0.3 is 0 Å². The molecule has 3 nitrogen and oxygen atoms in total. The molecule has 0 unspecified atom stereocenters. The van der Waals surface area contributed by atoms with Gasteiger partial charge in [-0.2, -0.15) is 0 Å². The number of anilines is 1. The van der Waals surface area contributed by atoms with E-state index in [0.717, 1.165) is 12.1 Å². The first-order valence-electron chi connectivity index (χ1n) is 5.12. The van der Waals surface area contributed by atoms with Gasteiger partial charge >= 0.3 is 0 Å². The molecule has 2 rings (SSSR count). The van der Waals surface area contributed by atoms with Gasteiger partial charge in [0.2, 0.25) is 0 Å². The molecule has 0 spiro atoms. The Hall–Kier alpha value is -2.02. The monoisotopic (exact) mass is 287 g/mol. The van der Waals surface area contributed by atoms with Gasteiger partial charge in [-0.25, -0.2) is 21.6 Å². The predicted octanol–water partition coefficient (Wildman–Crippen LogP) is 2.90. The normalized spacial score (nSPS) is 11.3. The Labute approximate surface area is 107 Å². The van der Waals surface area contributed by atoms with Crippen molar-refractivity contribution in [3.05, 3.63) is 59.9 Å². The second-order valence-electron chi connectivity index (χ2n) is 3.66. The van der Waals surface area contributed by atoms with Crippen LogP contribution in [0.15, 0.2) is 47.4 Å². The predicted molar refractivity (Wildman–Crippen MR) is 63.6 cm³/mol. The molecule has 0 aromatic heterocycles. The molecule has 0 aliphatic heterocycles. The van der Waals surface area contributed by atoms with Gasteiger partial charge in [-0.1, -0.05) is 12.1 Å². The third kappa shape index (κ3) is 2.87. The van der Waals surface area contributed by atoms with Crippen LogP contribution in [0.2, 0.25) is 0 Å². The van der Waals surface area contributed by atoms with Crippen molar-refractivity contribution in [1.82, 2.24) is 0 Å². The first-order chi connectivity index (χ1) is 8.90. The quantitative estimate of drug-likeness (QED) is 0.943. The molecule has 0 saturated carbocycles. The van der Waals surface area contributed by atoms with Gasteiger partial charge in [-0.15, -0.1) is 0 Å². The van der Waals surface area contributed by atoms with E-state index in [1.807, 2.05) is 4.72 Å². The molecule has 0 aliphatic carbocycles. The van der Waals surface area contributed by atoms with Crippen molar-refractivity contribution in [3.63, 3.8) is 0 Å². The lowest BCUT2D eigenvalue weighted by Gasteiger charge is -2.08. The molecule has 0 saturated heterocycles. The number of benzene rings is 2. The summed E-state index contributed by atoms with van der Waals surface area (Å²) in [6, 6.07) is 7.22. The zero-order valence-corrected chi connectivity index (χ0v) is 10.2. The molecule has 1 N–H and O–H groups in total. The number of hydrogen-bond acceptors (Lipinski definition) is 2. The Balaban J connectivity index is 2.38. The van der Waals surface area contributed by atoms with Crippen LogP contribution < -0.4 is 4.72 Å². The molecule has 0 bridgehead atoms. The highest BCUT2D eigenvalue weighted by Crippen LogP contribution is 2.20. The van der Waals surface area contributed by atoms with Crippen LogP contribution in [0.4, 0.5) is 18.9 Å². The minimum Gasteiger partial charge on any atom is -0.277 e. The molecule has 100 valence electrons. The van der Waals surface area contributed by atoms with E-state index in [-0.39, 0.29) is 5.69 Å². The summed E-state index contributed by atoms with van der Waals surface area (Å²) in [7, 11) is -4.17. The maximum absolute atomic E-state index is 13.3. The van der Waals surface area contributed by atoms with Crippen molar-refractivity contribution in [2.75, 3.05) is 4.72 Å². The smallest absolute Gasteiger partial charge is 0.262 e. The van der Waals surface area contributed by atoms with Crippen molar-refractivity contribution < 1.29 is 21.6 Å². The summed E-state index contributed by atoms with van der Waals surface area (Å²) in [4.78, 5) is -0.491. The second kappa shape index (κ2) is 4.93. The number of rotatable bonds is 3. The summed E-state index contributed by atoms with van der Waals surface area (Å²) in [5.41, 5.74) is -0.271. The van der Waals surface area contributed by atoms with Gasteiger partial charge in [0.25, 0.3) is 10.0 Å². The summed E-state index contributed by atoms with van der Waals surface area (Å²) in [6.07, 6.45) is 0. The zero-order valence-electron chi connectivity index (χ0n) is 9.40. The molecule has 0 atom stereocenters. The summed E-state index contributed by atoms with van der Waals surface area (Å²) in [5, 5.41) is 0. The fourth-order valence-electron chi connectivity index (χ4n) is 1.39. The van der Waals surface area contributed by atoms with Crippen LogP contribution in [0, 0.1) is 17.5 Å². The minimum absolute atomic E-state index is 0.271. The number of sulfonamides is 1. The molecule has 2 aromatic carbocycles. The van der Waals surface area contributed by atoms with E-state index in [9.17, 15) is 21.6 Å². The van der Waals surface area contributed by atoms with E-state index in [4.69, 9.17) is 0 Å². The highest BCUT2D eigenvalue weighted by Gasteiger charge is 2.17. The van der Waals surface area contributed by atoms with E-state index < -0.39 is 32.4 Å². The van der Waals surface area contributed by atoms with Crippen molar-refractivity contribution in [3.8, 4) is 0 Å². The number of hydrogen-bond donors (Lipinski definition) is 1. The maximum Gasteiger partial charge on any atom is 0.262 e. The van der Waals surface area contributed by atoms with Crippen LogP contribution in [-0.4, -0.2) is 8.42 Å². The lowest BCUT2D eigenvalue weighted by Crippen LogP contribution is -2.14. The lowest BCUT2D eigenvalue weighted by molar-refractivity contribution is 0.504. The largest absolute Gasteiger partial charge is 0.277 e. The van der Waals surface area contributed by atoms with E-state index in [0.29, 0.717) is 12.1 Å². The first-order valence-corrected chi connectivity index (χ1v) is 6.61. The Morgan fingerprint density at radius 3 is 2.16 bits per heavy atom. The molecule has 0 heterocycles. The van der Waals surface area contributed by atoms with Crippen LogP contribution in [0.1, 0.15) is 0 Å². The fourth-order valence-corrected chi connectivity index (χ4v) is 2.47. The van der Waals surface area contributed by atoms with Gasteiger partial charge in [-0.3, -0.25) is 4.72 Å². The van der Waals surface area contributed by atoms with E-state index in [2.05, 4.69) is 0 Å². The Morgan fingerprint density at radius 2 is 1.53 bits per heavy atom. The summed E-state index contributed by atoms with van der Waals surface area (Å²) in [5.74, 6) is -3.23. The molecule has 7 heteroatoms. The number of nitrogens with one attached hydrogen (secondary N) is 1. The standard InChI is InChI=1S/C12H8F3NO2S/c13-9-6-5-8(7-11(9)15)19(17,18)16-12-4-2-1-3-10(12)14/h1-7,16H. The Morgan fingerprint density at radius 1 is 0.842 bits per heavy atom. The average molecular weight is 287 g/mol. The van der Waals surface area contributed by atoms with Crippen molar-refractivity contribution in [2.45, 2.75) is 4.90 Å². The summed E-state index contributed by atoms with van der Waals surface area (Å²) >= 11 is 0. The van der Waals surface area contributed by atoms with Crippen molar-refractivity contribution >= 4 is 15.7 Å². The minimum atomic E-state index is -4.17. The van der Waals surface area contributed by atoms with Crippen LogP contribution in [0.5, 0.6) is 0 Å². The second-order valence-corrected chi connectivity index (χ2v) is 5.34. The maximum atomic E-state index is 13.3. The highest BCUT2D eigenvalue weighted by atomic mass is 32.2. The molecule has 2 aromatic rings. The van der Waals surface area contributed by atoms with E-state index in [1.54, 1.807) is 0 Å². The van der Waals surface area contributed by atoms with E-state index >= 15 is 0 Å². The van der Waals surface area contributed by atoms with Crippen LogP contribution in [0.3, 0.4) is 0 Å². The van der Waals surface area contributed by atoms with Gasteiger partial charge in [-0.05, 0) is 30.3 Å². The third-order valence-corrected chi connectivity index (χ3v) is 3.68. The van der Waals surface area contributed by atoms with Crippen LogP contribution in [-0.2, 0) is 10.0 Å². The van der Waals surface area contributed by atoms with Gasteiger partial charge in [0.05, 0.1) is 10.6 Å². The van der Waals surface area contributed by atoms with Crippen molar-refractivity contribution in [2.24, 2.45) is 0 Å². The molecule has 0 radical (unpaired) electrons. The van der Waals surface area contributed by atoms with Crippen molar-refractivity contribution in [1.29, 1.82) is 0 Å². The van der Waals surface area contributed by atoms with Crippen LogP contribution >= 0.6 is 0 Å². The summed E-state index contributed by atoms with van der Waals surface area (Å²) in [6.45, 7) is 0. The third-order valence-electron chi connectivity index (χ3n) is 2.32. The first kappa shape index (κ1) is 13.4. The fraction of sp³-hybridized carbons (Fsp3) is 0. The highest BCUT2D eigenvalue weighted by molar-refractivity contribution is 7.92. The topological polar surface area (TPSA) is 46.2 Å². The number of halogens is 3. The van der Waals surface area contributed by atoms with Gasteiger partial charge in [0, 0.05) is 0 Å². The van der Waals surface area contributed by atoms with Gasteiger partial charge in [0.15, 0.2) is 11.6 Å². The molecular formula is C12H8F3NO2S. The van der Waals surface area contributed by atoms with E-state index in [1.165, 1.54) is 18.2 Å². The molecule has 0 fully saturated rings. The van der Waals surface area contributed by atoms with Crippen LogP contribution in [0.25, 0.3) is 0 Å². The van der Waals surface area contributed by atoms with Gasteiger partial charge in [0.1, 0.15) is 5.82 Å². The Bertz CT molecular complexity index is 717. The SMILES string of the molecule is O=S(=O)(Nc1ccccc1F)c1ccc(F)c(F)c1. The molecule has 0 amide bonds.